The third-order valence-electron chi connectivity index (χ3n) is 3.62. The molecule has 0 saturated carbocycles. The minimum absolute atomic E-state index is 0.0000228. The molecule has 4 N–H and O–H groups in total. The van der Waals surface area contributed by atoms with E-state index in [1.165, 1.54) is 6.07 Å². The normalized spacial score (nSPS) is 17.8. The maximum Gasteiger partial charge on any atom is 0.269 e. The number of amides is 2. The number of nitrogens with two attached hydrogens (primary N) is 1. The van der Waals surface area contributed by atoms with E-state index in [0.29, 0.717) is 12.2 Å². The van der Waals surface area contributed by atoms with Crippen LogP contribution in [0.2, 0.25) is 0 Å². The summed E-state index contributed by atoms with van der Waals surface area (Å²) < 4.78 is 0. The highest BCUT2D eigenvalue weighted by molar-refractivity contribution is 5.98. The van der Waals surface area contributed by atoms with Gasteiger partial charge in [0.2, 0.25) is 5.91 Å². The smallest absolute Gasteiger partial charge is 0.269 e. The summed E-state index contributed by atoms with van der Waals surface area (Å²) in [6.07, 6.45) is 0.281. The Morgan fingerprint density at radius 2 is 2.27 bits per heavy atom. The van der Waals surface area contributed by atoms with E-state index in [-0.39, 0.29) is 30.1 Å². The van der Waals surface area contributed by atoms with Gasteiger partial charge in [-0.15, -0.1) is 0 Å². The van der Waals surface area contributed by atoms with Crippen LogP contribution >= 0.6 is 0 Å². The summed E-state index contributed by atoms with van der Waals surface area (Å²) in [4.78, 5) is 25.9. The van der Waals surface area contributed by atoms with Crippen LogP contribution in [0.4, 0.5) is 11.5 Å². The van der Waals surface area contributed by atoms with Crippen LogP contribution in [0.3, 0.4) is 0 Å². The van der Waals surface area contributed by atoms with Gasteiger partial charge in [-0.25, -0.2) is 0 Å². The predicted molar refractivity (Wildman–Crippen MR) is 82.4 cm³/mol. The van der Waals surface area contributed by atoms with Crippen molar-refractivity contribution in [2.75, 3.05) is 17.2 Å². The molecular weight excluding hydrogens is 282 g/mol. The molecule has 7 heteroatoms. The van der Waals surface area contributed by atoms with E-state index in [2.05, 4.69) is 15.5 Å². The molecular formula is C15H17N5O2. The fraction of sp³-hybridized carbons (Fsp3) is 0.267. The first-order chi connectivity index (χ1) is 10.5. The molecule has 2 heterocycles. The highest BCUT2D eigenvalue weighted by Gasteiger charge is 2.32. The molecule has 2 amide bonds. The molecule has 7 nitrogen and oxygen atoms in total. The standard InChI is InChI=1S/C15H17N5O2/c1-9-3-2-4-11(5-9)20-8-10(6-14(20)21)17-15(22)12-7-13(16)19-18-12/h2-5,7,10H,6,8H2,1H3,(H,17,22)(H3,16,18,19). The second-order valence-corrected chi connectivity index (χ2v) is 5.42. The lowest BCUT2D eigenvalue weighted by Crippen LogP contribution is -2.37. The van der Waals surface area contributed by atoms with Crippen molar-refractivity contribution in [1.82, 2.24) is 15.5 Å². The maximum atomic E-state index is 12.2. The van der Waals surface area contributed by atoms with Crippen molar-refractivity contribution < 1.29 is 9.59 Å². The number of hydrogen-bond acceptors (Lipinski definition) is 4. The summed E-state index contributed by atoms with van der Waals surface area (Å²) >= 11 is 0. The molecule has 1 atom stereocenters. The second kappa shape index (κ2) is 5.51. The first-order valence-corrected chi connectivity index (χ1v) is 7.02. The monoisotopic (exact) mass is 299 g/mol. The van der Waals surface area contributed by atoms with Crippen LogP contribution in [0.5, 0.6) is 0 Å². The van der Waals surface area contributed by atoms with Gasteiger partial charge in [0, 0.05) is 24.7 Å². The first-order valence-electron chi connectivity index (χ1n) is 7.02. The van der Waals surface area contributed by atoms with Crippen LogP contribution in [0.25, 0.3) is 0 Å². The van der Waals surface area contributed by atoms with Crippen LogP contribution in [0.15, 0.2) is 30.3 Å². The molecule has 0 bridgehead atoms. The summed E-state index contributed by atoms with van der Waals surface area (Å²) in [5.74, 6) is -0.0536. The van der Waals surface area contributed by atoms with Crippen LogP contribution in [0, 0.1) is 6.92 Å². The topological polar surface area (TPSA) is 104 Å². The van der Waals surface area contributed by atoms with Crippen LogP contribution in [-0.2, 0) is 4.79 Å². The zero-order chi connectivity index (χ0) is 15.7. The molecule has 1 aromatic carbocycles. The number of H-pyrrole nitrogens is 1. The molecule has 3 rings (SSSR count). The zero-order valence-corrected chi connectivity index (χ0v) is 12.2. The molecule has 0 spiro atoms. The molecule has 1 aromatic heterocycles. The van der Waals surface area contributed by atoms with E-state index in [4.69, 9.17) is 5.73 Å². The minimum atomic E-state index is -0.312. The van der Waals surface area contributed by atoms with Gasteiger partial charge in [0.15, 0.2) is 0 Å². The number of aromatic nitrogens is 2. The first kappa shape index (κ1) is 14.1. The molecule has 2 aromatic rings. The van der Waals surface area contributed by atoms with Crippen molar-refractivity contribution in [3.05, 3.63) is 41.6 Å². The highest BCUT2D eigenvalue weighted by Crippen LogP contribution is 2.22. The lowest BCUT2D eigenvalue weighted by Gasteiger charge is -2.17. The molecule has 22 heavy (non-hydrogen) atoms. The zero-order valence-electron chi connectivity index (χ0n) is 12.2. The number of aromatic amines is 1. The lowest BCUT2D eigenvalue weighted by atomic mass is 10.2. The van der Waals surface area contributed by atoms with Gasteiger partial charge in [0.05, 0.1) is 6.04 Å². The summed E-state index contributed by atoms with van der Waals surface area (Å²) in [6.45, 7) is 2.43. The van der Waals surface area contributed by atoms with Crippen LogP contribution in [-0.4, -0.2) is 34.6 Å². The third-order valence-corrected chi connectivity index (χ3v) is 3.62. The number of nitrogens with one attached hydrogen (secondary N) is 2. The molecule has 1 aliphatic heterocycles. The average Bonchev–Trinajstić information content (AvgIpc) is 3.05. The van der Waals surface area contributed by atoms with Crippen molar-refractivity contribution in [2.24, 2.45) is 0 Å². The quantitative estimate of drug-likeness (QED) is 0.781. The van der Waals surface area contributed by atoms with Crippen molar-refractivity contribution in [3.63, 3.8) is 0 Å². The number of rotatable bonds is 3. The summed E-state index contributed by atoms with van der Waals surface area (Å²) in [5.41, 5.74) is 7.71. The van der Waals surface area contributed by atoms with Crippen molar-refractivity contribution in [3.8, 4) is 0 Å². The number of anilines is 2. The van der Waals surface area contributed by atoms with E-state index >= 15 is 0 Å². The Morgan fingerprint density at radius 3 is 2.95 bits per heavy atom. The van der Waals surface area contributed by atoms with Crippen molar-refractivity contribution in [1.29, 1.82) is 0 Å². The van der Waals surface area contributed by atoms with E-state index in [1.54, 1.807) is 4.90 Å². The molecule has 0 radical (unpaired) electrons. The van der Waals surface area contributed by atoms with Crippen LogP contribution < -0.4 is 16.0 Å². The Labute approximate surface area is 127 Å². The molecule has 1 aliphatic rings. The van der Waals surface area contributed by atoms with Gasteiger partial charge >= 0.3 is 0 Å². The number of carbonyl (C=O) groups is 2. The second-order valence-electron chi connectivity index (χ2n) is 5.42. The fourth-order valence-electron chi connectivity index (χ4n) is 2.57. The average molecular weight is 299 g/mol. The Morgan fingerprint density at radius 1 is 1.45 bits per heavy atom. The number of carbonyl (C=O) groups excluding carboxylic acids is 2. The van der Waals surface area contributed by atoms with Gasteiger partial charge in [0.25, 0.3) is 5.91 Å². The van der Waals surface area contributed by atoms with Gasteiger partial charge in [-0.2, -0.15) is 5.10 Å². The minimum Gasteiger partial charge on any atom is -0.382 e. The van der Waals surface area contributed by atoms with Gasteiger partial charge in [0.1, 0.15) is 11.5 Å². The summed E-state index contributed by atoms with van der Waals surface area (Å²) in [5, 5.41) is 9.09. The number of aryl methyl sites for hydroxylation is 1. The third kappa shape index (κ3) is 2.78. The van der Waals surface area contributed by atoms with Crippen LogP contribution in [0.1, 0.15) is 22.5 Å². The van der Waals surface area contributed by atoms with Gasteiger partial charge in [-0.1, -0.05) is 12.1 Å². The van der Waals surface area contributed by atoms with Gasteiger partial charge in [-0.05, 0) is 24.6 Å². The molecule has 1 fully saturated rings. The number of nitrogens with zero attached hydrogens (tertiary/aromatic N) is 2. The van der Waals surface area contributed by atoms with Crippen molar-refractivity contribution in [2.45, 2.75) is 19.4 Å². The van der Waals surface area contributed by atoms with E-state index < -0.39 is 0 Å². The number of nitrogen functional groups attached to an aromatic ring is 1. The van der Waals surface area contributed by atoms with E-state index in [1.807, 2.05) is 31.2 Å². The molecule has 0 aliphatic carbocycles. The molecule has 1 unspecified atom stereocenters. The Balaban J connectivity index is 1.68. The highest BCUT2D eigenvalue weighted by atomic mass is 16.2. The Kier molecular flexibility index (Phi) is 3.54. The van der Waals surface area contributed by atoms with Crippen molar-refractivity contribution >= 4 is 23.3 Å². The largest absolute Gasteiger partial charge is 0.382 e. The SMILES string of the molecule is Cc1cccc(N2CC(NC(=O)c3cc(N)n[nH]3)CC2=O)c1. The maximum absolute atomic E-state index is 12.2. The summed E-state index contributed by atoms with van der Waals surface area (Å²) in [6, 6.07) is 8.97. The van der Waals surface area contributed by atoms with E-state index in [0.717, 1.165) is 11.3 Å². The molecule has 114 valence electrons. The predicted octanol–water partition coefficient (Wildman–Crippen LogP) is 0.836. The van der Waals surface area contributed by atoms with Gasteiger partial charge in [-0.3, -0.25) is 14.7 Å². The Bertz CT molecular complexity index is 724. The number of benzene rings is 1. The Hall–Kier alpha value is -2.83. The molecule has 1 saturated heterocycles. The van der Waals surface area contributed by atoms with E-state index in [9.17, 15) is 9.59 Å². The van der Waals surface area contributed by atoms with Gasteiger partial charge < -0.3 is 16.0 Å². The lowest BCUT2D eigenvalue weighted by molar-refractivity contribution is -0.117. The summed E-state index contributed by atoms with van der Waals surface area (Å²) in [7, 11) is 0. The number of hydrogen-bond donors (Lipinski definition) is 3. The fourth-order valence-corrected chi connectivity index (χ4v) is 2.57.